The standard InChI is InChI=1S/C50H96NO10P/c1-3-5-7-9-11-13-15-17-19-21-22-23-24-26-27-29-31-33-35-37-39-41-48(52)58-43-46(44-59-62(56,57)60-45-47(51)50(54)55)61-49(53)42-40-38-36-34-32-30-28-25-20-18-16-14-12-10-8-6-4-2/h17,19,46-47H,3-16,18,20-45,51H2,1-2H3,(H,54,55)(H,56,57)/b19-17-/t46-,47+/m1/s1. The number of hydrogen-bond acceptors (Lipinski definition) is 9. The molecule has 11 nitrogen and oxygen atoms in total. The van der Waals surface area contributed by atoms with E-state index in [2.05, 4.69) is 30.5 Å². The summed E-state index contributed by atoms with van der Waals surface area (Å²) in [5.41, 5.74) is 5.35. The summed E-state index contributed by atoms with van der Waals surface area (Å²) in [5, 5.41) is 8.92. The third-order valence-corrected chi connectivity index (χ3v) is 12.5. The van der Waals surface area contributed by atoms with E-state index in [1.807, 2.05) is 0 Å². The number of carbonyl (C=O) groups is 3. The van der Waals surface area contributed by atoms with Crippen LogP contribution in [0.5, 0.6) is 0 Å². The van der Waals surface area contributed by atoms with Gasteiger partial charge in [0.25, 0.3) is 0 Å². The highest BCUT2D eigenvalue weighted by atomic mass is 31.2. The topological polar surface area (TPSA) is 172 Å². The summed E-state index contributed by atoms with van der Waals surface area (Å²) in [6.07, 6.45) is 48.4. The Morgan fingerprint density at radius 1 is 0.484 bits per heavy atom. The first-order valence-electron chi connectivity index (χ1n) is 25.7. The van der Waals surface area contributed by atoms with Crippen molar-refractivity contribution in [3.05, 3.63) is 12.2 Å². The molecule has 1 unspecified atom stereocenters. The van der Waals surface area contributed by atoms with Crippen molar-refractivity contribution in [1.82, 2.24) is 0 Å². The van der Waals surface area contributed by atoms with Crippen LogP contribution in [-0.4, -0.2) is 59.9 Å². The summed E-state index contributed by atoms with van der Waals surface area (Å²) < 4.78 is 32.9. The van der Waals surface area contributed by atoms with Gasteiger partial charge in [0.2, 0.25) is 0 Å². The molecule has 0 rings (SSSR count). The number of hydrogen-bond donors (Lipinski definition) is 3. The van der Waals surface area contributed by atoms with E-state index < -0.39 is 51.1 Å². The van der Waals surface area contributed by atoms with Crippen LogP contribution in [0.25, 0.3) is 0 Å². The fourth-order valence-electron chi connectivity index (χ4n) is 7.47. The van der Waals surface area contributed by atoms with Crippen molar-refractivity contribution in [3.8, 4) is 0 Å². The van der Waals surface area contributed by atoms with Gasteiger partial charge >= 0.3 is 25.7 Å². The van der Waals surface area contributed by atoms with Crippen LogP contribution in [0.3, 0.4) is 0 Å². The Bertz CT molecular complexity index is 1110. The van der Waals surface area contributed by atoms with Gasteiger partial charge in [0.05, 0.1) is 13.2 Å². The Morgan fingerprint density at radius 3 is 1.18 bits per heavy atom. The quantitative estimate of drug-likeness (QED) is 0.0230. The van der Waals surface area contributed by atoms with Gasteiger partial charge in [-0.2, -0.15) is 0 Å². The zero-order valence-corrected chi connectivity index (χ0v) is 40.9. The number of esters is 2. The second-order valence-electron chi connectivity index (χ2n) is 17.7. The minimum atomic E-state index is -4.72. The predicted molar refractivity (Wildman–Crippen MR) is 254 cm³/mol. The van der Waals surface area contributed by atoms with E-state index in [4.69, 9.17) is 24.8 Å². The number of aliphatic carboxylic acids is 1. The third-order valence-electron chi connectivity index (χ3n) is 11.5. The minimum absolute atomic E-state index is 0.168. The maximum Gasteiger partial charge on any atom is 0.472 e. The zero-order chi connectivity index (χ0) is 45.6. The van der Waals surface area contributed by atoms with E-state index in [-0.39, 0.29) is 19.4 Å². The molecule has 0 aliphatic rings. The van der Waals surface area contributed by atoms with Gasteiger partial charge in [0.15, 0.2) is 6.10 Å². The van der Waals surface area contributed by atoms with Crippen LogP contribution in [0, 0.1) is 0 Å². The summed E-state index contributed by atoms with van der Waals surface area (Å²) in [5.74, 6) is -2.36. The SMILES string of the molecule is CCCCCCCC/C=C\CCCCCCCCCCCCCC(=O)OC[C@H](COP(=O)(O)OC[C@H](N)C(=O)O)OC(=O)CCCCCCCCCCCCCCCCCCC. The van der Waals surface area contributed by atoms with Gasteiger partial charge in [-0.1, -0.05) is 219 Å². The van der Waals surface area contributed by atoms with Gasteiger partial charge in [-0.05, 0) is 38.5 Å². The van der Waals surface area contributed by atoms with Crippen molar-refractivity contribution in [2.45, 2.75) is 270 Å². The second kappa shape index (κ2) is 45.8. The lowest BCUT2D eigenvalue weighted by Crippen LogP contribution is -2.34. The molecule has 0 aromatic heterocycles. The van der Waals surface area contributed by atoms with Crippen LogP contribution in [0.2, 0.25) is 0 Å². The summed E-state index contributed by atoms with van der Waals surface area (Å²) in [4.78, 5) is 46.2. The molecule has 4 N–H and O–H groups in total. The highest BCUT2D eigenvalue weighted by Crippen LogP contribution is 2.43. The highest BCUT2D eigenvalue weighted by molar-refractivity contribution is 7.47. The Kier molecular flexibility index (Phi) is 44.5. The van der Waals surface area contributed by atoms with Crippen LogP contribution < -0.4 is 5.73 Å². The summed E-state index contributed by atoms with van der Waals surface area (Å²) >= 11 is 0. The molecule has 0 radical (unpaired) electrons. The number of allylic oxidation sites excluding steroid dienone is 2. The number of nitrogens with two attached hydrogens (primary N) is 1. The Morgan fingerprint density at radius 2 is 0.806 bits per heavy atom. The molecule has 0 aromatic rings. The molecule has 0 saturated carbocycles. The third kappa shape index (κ3) is 44.8. The number of ether oxygens (including phenoxy) is 2. The number of carboxylic acid groups (broad SMARTS) is 1. The molecule has 0 fully saturated rings. The lowest BCUT2D eigenvalue weighted by molar-refractivity contribution is -0.161. The van der Waals surface area contributed by atoms with E-state index in [9.17, 15) is 23.8 Å². The number of phosphoric ester groups is 1. The predicted octanol–water partition coefficient (Wildman–Crippen LogP) is 14.4. The van der Waals surface area contributed by atoms with Crippen LogP contribution in [0.15, 0.2) is 12.2 Å². The van der Waals surface area contributed by atoms with Crippen LogP contribution >= 0.6 is 7.82 Å². The van der Waals surface area contributed by atoms with Crippen molar-refractivity contribution < 1.29 is 47.5 Å². The monoisotopic (exact) mass is 902 g/mol. The normalized spacial score (nSPS) is 13.6. The van der Waals surface area contributed by atoms with Crippen molar-refractivity contribution in [2.24, 2.45) is 5.73 Å². The number of rotatable bonds is 49. The van der Waals surface area contributed by atoms with Crippen molar-refractivity contribution in [1.29, 1.82) is 0 Å². The Hall–Kier alpha value is -1.78. The van der Waals surface area contributed by atoms with E-state index >= 15 is 0 Å². The molecule has 0 spiro atoms. The van der Waals surface area contributed by atoms with Gasteiger partial charge in [0, 0.05) is 12.8 Å². The Balaban J connectivity index is 4.20. The van der Waals surface area contributed by atoms with Gasteiger partial charge < -0.3 is 25.2 Å². The zero-order valence-electron chi connectivity index (χ0n) is 40.0. The molecule has 0 aliphatic heterocycles. The molecule has 3 atom stereocenters. The largest absolute Gasteiger partial charge is 0.480 e. The molecule has 0 saturated heterocycles. The first-order valence-corrected chi connectivity index (χ1v) is 27.2. The summed E-state index contributed by atoms with van der Waals surface area (Å²) in [7, 11) is -4.72. The first-order chi connectivity index (χ1) is 30.1. The highest BCUT2D eigenvalue weighted by Gasteiger charge is 2.28. The fraction of sp³-hybridized carbons (Fsp3) is 0.900. The number of carboxylic acids is 1. The van der Waals surface area contributed by atoms with Crippen molar-refractivity contribution in [2.75, 3.05) is 19.8 Å². The lowest BCUT2D eigenvalue weighted by atomic mass is 10.0. The summed E-state index contributed by atoms with van der Waals surface area (Å²) in [6, 6.07) is -1.52. The maximum absolute atomic E-state index is 12.7. The first kappa shape index (κ1) is 60.2. The smallest absolute Gasteiger partial charge is 0.472 e. The fourth-order valence-corrected chi connectivity index (χ4v) is 8.25. The Labute approximate surface area is 379 Å². The van der Waals surface area contributed by atoms with Crippen molar-refractivity contribution in [3.63, 3.8) is 0 Å². The molecular weight excluding hydrogens is 806 g/mol. The second-order valence-corrected chi connectivity index (χ2v) is 19.1. The van der Waals surface area contributed by atoms with Gasteiger partial charge in [-0.15, -0.1) is 0 Å². The van der Waals surface area contributed by atoms with Crippen molar-refractivity contribution >= 4 is 25.7 Å². The van der Waals surface area contributed by atoms with E-state index in [1.165, 1.54) is 180 Å². The molecule has 62 heavy (non-hydrogen) atoms. The minimum Gasteiger partial charge on any atom is -0.480 e. The molecule has 366 valence electrons. The number of phosphoric acid groups is 1. The van der Waals surface area contributed by atoms with E-state index in [1.54, 1.807) is 0 Å². The van der Waals surface area contributed by atoms with Crippen LogP contribution in [0.4, 0.5) is 0 Å². The molecule has 0 aromatic carbocycles. The van der Waals surface area contributed by atoms with Crippen LogP contribution in [0.1, 0.15) is 258 Å². The molecule has 0 heterocycles. The number of unbranched alkanes of at least 4 members (excludes halogenated alkanes) is 33. The average molecular weight is 902 g/mol. The average Bonchev–Trinajstić information content (AvgIpc) is 3.25. The summed E-state index contributed by atoms with van der Waals surface area (Å²) in [6.45, 7) is 2.85. The molecule has 0 aliphatic carbocycles. The van der Waals surface area contributed by atoms with E-state index in [0.717, 1.165) is 38.5 Å². The lowest BCUT2D eigenvalue weighted by Gasteiger charge is -2.20. The molecule has 12 heteroatoms. The van der Waals surface area contributed by atoms with Crippen LogP contribution in [-0.2, 0) is 37.5 Å². The molecule has 0 amide bonds. The maximum atomic E-state index is 12.7. The number of carbonyl (C=O) groups excluding carboxylic acids is 2. The molecular formula is C50H96NO10P. The van der Waals surface area contributed by atoms with Gasteiger partial charge in [0.1, 0.15) is 12.6 Å². The van der Waals surface area contributed by atoms with Gasteiger partial charge in [-0.3, -0.25) is 23.4 Å². The van der Waals surface area contributed by atoms with E-state index in [0.29, 0.717) is 12.8 Å². The van der Waals surface area contributed by atoms with Gasteiger partial charge in [-0.25, -0.2) is 4.57 Å². The molecule has 0 bridgehead atoms.